The van der Waals surface area contributed by atoms with Crippen LogP contribution in [0, 0.1) is 0 Å². The van der Waals surface area contributed by atoms with Gasteiger partial charge in [-0.1, -0.05) is 0 Å². The van der Waals surface area contributed by atoms with Crippen molar-refractivity contribution >= 4 is 0 Å². The van der Waals surface area contributed by atoms with Crippen molar-refractivity contribution in [1.82, 2.24) is 0 Å². The minimum Gasteiger partial charge on any atom is -0.219 e. The molecular weight excluding hydrogens is 143 g/mol. The average Bonchev–Trinajstić information content (AvgIpc) is 1.00. The van der Waals surface area contributed by atoms with Crippen molar-refractivity contribution in [1.29, 1.82) is 0 Å². The summed E-state index contributed by atoms with van der Waals surface area (Å²) in [5, 5.41) is 13.0. The number of rotatable bonds is 0. The van der Waals surface area contributed by atoms with Gasteiger partial charge in [0.15, 0.2) is 0 Å². The Bertz CT molecular complexity index is 6.00. The van der Waals surface area contributed by atoms with Gasteiger partial charge in [0.05, 0.1) is 0 Å². The zero-order valence-corrected chi connectivity index (χ0v) is 3.87. The molecule has 0 saturated heterocycles. The molecule has 2 nitrogen and oxygen atoms in total. The van der Waals surface area contributed by atoms with Crippen LogP contribution in [0.5, 0.6) is 0 Å². The molecule has 0 spiro atoms. The van der Waals surface area contributed by atoms with Crippen LogP contribution in [0.3, 0.4) is 0 Å². The van der Waals surface area contributed by atoms with Gasteiger partial charge in [-0.05, 0) is 5.26 Å². The monoisotopic (exact) mass is 144 g/mol. The van der Waals surface area contributed by atoms with Crippen molar-refractivity contribution in [2.24, 2.45) is 0 Å². The Morgan fingerprint density at radius 2 is 1.25 bits per heavy atom. The van der Waals surface area contributed by atoms with Gasteiger partial charge in [-0.15, -0.1) is 0 Å². The van der Waals surface area contributed by atoms with E-state index in [1.165, 1.54) is 0 Å². The fraction of sp³-hybridized carbons (Fsp3) is 0. The SMILES string of the molecule is [Fe].[Mn].[O]O. The Morgan fingerprint density at radius 1 is 1.25 bits per heavy atom. The van der Waals surface area contributed by atoms with Gasteiger partial charge in [-0.3, -0.25) is 0 Å². The van der Waals surface area contributed by atoms with Gasteiger partial charge in [0.25, 0.3) is 0 Å². The first kappa shape index (κ1) is 20.3. The summed E-state index contributed by atoms with van der Waals surface area (Å²) in [6.45, 7) is 0. The molecule has 0 atom stereocenters. The Morgan fingerprint density at radius 3 is 1.25 bits per heavy atom. The van der Waals surface area contributed by atoms with Crippen molar-refractivity contribution in [2.75, 3.05) is 0 Å². The van der Waals surface area contributed by atoms with Crippen molar-refractivity contribution in [3.8, 4) is 0 Å². The maximum absolute atomic E-state index is 7.25. The molecule has 0 aliphatic rings. The maximum Gasteiger partial charge on any atom is 0 e. The average molecular weight is 144 g/mol. The van der Waals surface area contributed by atoms with Gasteiger partial charge in [0.1, 0.15) is 0 Å². The summed E-state index contributed by atoms with van der Waals surface area (Å²) in [5.41, 5.74) is 0. The van der Waals surface area contributed by atoms with E-state index in [4.69, 9.17) is 10.5 Å². The van der Waals surface area contributed by atoms with Crippen LogP contribution in [-0.4, -0.2) is 5.26 Å². The second-order valence-corrected chi connectivity index (χ2v) is 0. The zero-order valence-electron chi connectivity index (χ0n) is 1.59. The Labute approximate surface area is 45.1 Å². The van der Waals surface area contributed by atoms with E-state index in [1.54, 1.807) is 0 Å². The topological polar surface area (TPSA) is 40.1 Å². The zero-order chi connectivity index (χ0) is 2.00. The van der Waals surface area contributed by atoms with Crippen molar-refractivity contribution in [2.45, 2.75) is 0 Å². The summed E-state index contributed by atoms with van der Waals surface area (Å²) in [6, 6.07) is 0. The summed E-state index contributed by atoms with van der Waals surface area (Å²) in [7, 11) is 0. The Hall–Kier alpha value is 0.959. The molecule has 0 aromatic carbocycles. The van der Waals surface area contributed by atoms with E-state index in [1.807, 2.05) is 0 Å². The van der Waals surface area contributed by atoms with E-state index in [-0.39, 0.29) is 34.1 Å². The molecule has 0 heterocycles. The van der Waals surface area contributed by atoms with E-state index < -0.39 is 0 Å². The first-order valence-electron chi connectivity index (χ1n) is 0.183. The second-order valence-electron chi connectivity index (χ2n) is 0. The number of hydrogen-bond acceptors (Lipinski definition) is 1. The quantitative estimate of drug-likeness (QED) is 0.287. The smallest absolute Gasteiger partial charge is 0 e. The van der Waals surface area contributed by atoms with Crippen LogP contribution in [0.2, 0.25) is 0 Å². The van der Waals surface area contributed by atoms with Gasteiger partial charge in [-0.25, -0.2) is 5.26 Å². The molecule has 4 heteroatoms. The molecule has 0 fully saturated rings. The first-order valence-corrected chi connectivity index (χ1v) is 0.183. The van der Waals surface area contributed by atoms with Crippen LogP contribution in [-0.2, 0) is 39.4 Å². The molecule has 1 N–H and O–H groups in total. The molecule has 0 unspecified atom stereocenters. The largest absolute Gasteiger partial charge is 0.219 e. The van der Waals surface area contributed by atoms with Crippen LogP contribution in [0.25, 0.3) is 0 Å². The second kappa shape index (κ2) is 37.7. The molecule has 2 radical (unpaired) electrons. The van der Waals surface area contributed by atoms with Gasteiger partial charge in [0.2, 0.25) is 0 Å². The van der Waals surface area contributed by atoms with Gasteiger partial charge >= 0.3 is 0 Å². The Kier molecular flexibility index (Phi) is 191. The molecule has 0 amide bonds. The Balaban J connectivity index is -0.00000000500. The van der Waals surface area contributed by atoms with Crippen LogP contribution in [0.15, 0.2) is 0 Å². The summed E-state index contributed by atoms with van der Waals surface area (Å²) < 4.78 is 0. The predicted molar refractivity (Wildman–Crippen MR) is 3.32 cm³/mol. The molecule has 0 aromatic heterocycles. The van der Waals surface area contributed by atoms with E-state index in [0.29, 0.717) is 0 Å². The minimum absolute atomic E-state index is 0. The van der Waals surface area contributed by atoms with E-state index in [0.717, 1.165) is 0 Å². The third kappa shape index (κ3) is 12.3. The van der Waals surface area contributed by atoms with Gasteiger partial charge < -0.3 is 0 Å². The summed E-state index contributed by atoms with van der Waals surface area (Å²) in [5.74, 6) is 0. The summed E-state index contributed by atoms with van der Waals surface area (Å²) in [6.07, 6.45) is 0. The first-order chi connectivity index (χ1) is 1.00. The predicted octanol–water partition coefficient (Wildman–Crippen LogP) is -0.115. The molecule has 0 rings (SSSR count). The van der Waals surface area contributed by atoms with Crippen molar-refractivity contribution < 1.29 is 44.7 Å². The molecule has 0 aliphatic heterocycles. The maximum atomic E-state index is 7.25. The van der Waals surface area contributed by atoms with Gasteiger partial charge in [-0.2, -0.15) is 0 Å². The van der Waals surface area contributed by atoms with Crippen molar-refractivity contribution in [3.05, 3.63) is 0 Å². The van der Waals surface area contributed by atoms with Crippen LogP contribution >= 0.6 is 0 Å². The number of hydrogen-bond donors (Lipinski definition) is 1. The summed E-state index contributed by atoms with van der Waals surface area (Å²) in [4.78, 5) is 0. The van der Waals surface area contributed by atoms with Crippen LogP contribution in [0.4, 0.5) is 0 Å². The van der Waals surface area contributed by atoms with Crippen LogP contribution < -0.4 is 0 Å². The third-order valence-corrected chi connectivity index (χ3v) is 0. The molecule has 0 saturated carbocycles. The summed E-state index contributed by atoms with van der Waals surface area (Å²) >= 11 is 0. The molecule has 0 aromatic rings. The third-order valence-electron chi connectivity index (χ3n) is 0. The molecule has 28 valence electrons. The fourth-order valence-corrected chi connectivity index (χ4v) is 0. The van der Waals surface area contributed by atoms with Crippen LogP contribution in [0.1, 0.15) is 0 Å². The van der Waals surface area contributed by atoms with E-state index in [2.05, 4.69) is 0 Å². The van der Waals surface area contributed by atoms with E-state index >= 15 is 0 Å². The minimum atomic E-state index is 0. The molecular formula is HFeMnO2. The van der Waals surface area contributed by atoms with Crippen molar-refractivity contribution in [3.63, 3.8) is 0 Å². The van der Waals surface area contributed by atoms with Gasteiger partial charge in [0, 0.05) is 34.1 Å². The normalized spacial score (nSPS) is 1.50. The fourth-order valence-electron chi connectivity index (χ4n) is 0. The molecule has 0 bridgehead atoms. The molecule has 4 heavy (non-hydrogen) atoms. The van der Waals surface area contributed by atoms with E-state index in [9.17, 15) is 0 Å². The standard InChI is InChI=1S/Fe.Mn.HO2/c;;1-2/h;;1H. The molecule has 0 aliphatic carbocycles.